The van der Waals surface area contributed by atoms with E-state index in [9.17, 15) is 13.6 Å². The topological polar surface area (TPSA) is 75.3 Å². The number of carboxylic acids is 1. The number of rotatable bonds is 6. The van der Waals surface area contributed by atoms with Crippen LogP contribution in [0.1, 0.15) is 0 Å². The molecule has 1 aromatic carbocycles. The van der Waals surface area contributed by atoms with E-state index in [0.29, 0.717) is 22.3 Å². The minimum Gasteiger partial charge on any atom is -0.480 e. The van der Waals surface area contributed by atoms with Crippen LogP contribution in [0.5, 0.6) is 0 Å². The quantitative estimate of drug-likeness (QED) is 0.682. The molecule has 1 rings (SSSR count). The van der Waals surface area contributed by atoms with Gasteiger partial charge in [0.1, 0.15) is 6.04 Å². The van der Waals surface area contributed by atoms with Crippen LogP contribution < -0.4 is 11.1 Å². The molecule has 17 heavy (non-hydrogen) atoms. The molecule has 0 saturated heterocycles. The van der Waals surface area contributed by atoms with Crippen LogP contribution in [0.25, 0.3) is 0 Å². The molecular formula is C10H12F2N2O2S. The van der Waals surface area contributed by atoms with E-state index in [1.165, 1.54) is 6.07 Å². The Kier molecular flexibility index (Phi) is 5.17. The lowest BCUT2D eigenvalue weighted by Crippen LogP contribution is -2.37. The van der Waals surface area contributed by atoms with E-state index in [0.717, 1.165) is 0 Å². The second-order valence-electron chi connectivity index (χ2n) is 3.20. The first kappa shape index (κ1) is 13.7. The maximum Gasteiger partial charge on any atom is 0.322 e. The minimum absolute atomic E-state index is 0.0177. The van der Waals surface area contributed by atoms with Gasteiger partial charge in [-0.3, -0.25) is 4.79 Å². The summed E-state index contributed by atoms with van der Waals surface area (Å²) < 4.78 is 24.5. The van der Waals surface area contributed by atoms with Crippen molar-refractivity contribution in [3.63, 3.8) is 0 Å². The van der Waals surface area contributed by atoms with Crippen LogP contribution in [0.4, 0.5) is 14.5 Å². The van der Waals surface area contributed by atoms with Crippen molar-refractivity contribution in [3.05, 3.63) is 24.3 Å². The number of carboxylic acid groups (broad SMARTS) is 1. The summed E-state index contributed by atoms with van der Waals surface area (Å²) >= 11 is 0.401. The molecule has 1 atom stereocenters. The Morgan fingerprint density at radius 2 is 2.12 bits per heavy atom. The average Bonchev–Trinajstić information content (AvgIpc) is 2.26. The molecule has 1 unspecified atom stereocenters. The standard InChI is InChI=1S/C10H12F2N2O2S/c11-10(12)17-8-4-2-1-3-7(8)14-5-6(13)9(15)16/h1-4,6,10,14H,5,13H2,(H,15,16). The number of aliphatic carboxylic acids is 1. The highest BCUT2D eigenvalue weighted by molar-refractivity contribution is 7.99. The Hall–Kier alpha value is -1.34. The third kappa shape index (κ3) is 4.58. The highest BCUT2D eigenvalue weighted by Crippen LogP contribution is 2.31. The molecule has 0 bridgehead atoms. The van der Waals surface area contributed by atoms with Gasteiger partial charge < -0.3 is 16.2 Å². The minimum atomic E-state index is -2.52. The molecular weight excluding hydrogens is 250 g/mol. The van der Waals surface area contributed by atoms with E-state index >= 15 is 0 Å². The van der Waals surface area contributed by atoms with Gasteiger partial charge in [0, 0.05) is 17.1 Å². The fourth-order valence-electron chi connectivity index (χ4n) is 1.12. The number of carbonyl (C=O) groups is 1. The largest absolute Gasteiger partial charge is 0.480 e. The maximum atomic E-state index is 12.2. The summed E-state index contributed by atoms with van der Waals surface area (Å²) in [7, 11) is 0. The van der Waals surface area contributed by atoms with Crippen LogP contribution in [0.3, 0.4) is 0 Å². The molecule has 0 amide bonds. The third-order valence-corrected chi connectivity index (χ3v) is 2.72. The van der Waals surface area contributed by atoms with Gasteiger partial charge in [-0.1, -0.05) is 23.9 Å². The van der Waals surface area contributed by atoms with Crippen molar-refractivity contribution in [2.45, 2.75) is 16.7 Å². The van der Waals surface area contributed by atoms with Crippen molar-refractivity contribution in [3.8, 4) is 0 Å². The Morgan fingerprint density at radius 3 is 2.71 bits per heavy atom. The van der Waals surface area contributed by atoms with E-state index in [-0.39, 0.29) is 6.54 Å². The number of thioether (sulfide) groups is 1. The molecule has 4 N–H and O–H groups in total. The third-order valence-electron chi connectivity index (χ3n) is 1.93. The number of benzene rings is 1. The zero-order valence-electron chi connectivity index (χ0n) is 8.77. The number of hydrogen-bond acceptors (Lipinski definition) is 4. The van der Waals surface area contributed by atoms with Gasteiger partial charge in [0.05, 0.1) is 0 Å². The van der Waals surface area contributed by atoms with Crippen molar-refractivity contribution >= 4 is 23.4 Å². The number of nitrogens with two attached hydrogens (primary N) is 1. The van der Waals surface area contributed by atoms with Crippen molar-refractivity contribution in [2.24, 2.45) is 5.73 Å². The fraction of sp³-hybridized carbons (Fsp3) is 0.300. The summed E-state index contributed by atoms with van der Waals surface area (Å²) in [6, 6.07) is 5.36. The first-order valence-electron chi connectivity index (χ1n) is 4.77. The summed E-state index contributed by atoms with van der Waals surface area (Å²) in [5, 5.41) is 11.3. The molecule has 0 fully saturated rings. The molecule has 0 aliphatic carbocycles. The van der Waals surface area contributed by atoms with Gasteiger partial charge in [0.25, 0.3) is 5.76 Å². The lowest BCUT2D eigenvalue weighted by atomic mass is 10.3. The van der Waals surface area contributed by atoms with E-state index in [1.54, 1.807) is 18.2 Å². The molecule has 94 valence electrons. The van der Waals surface area contributed by atoms with Crippen LogP contribution in [0, 0.1) is 0 Å². The van der Waals surface area contributed by atoms with Crippen molar-refractivity contribution in [1.29, 1.82) is 0 Å². The highest BCUT2D eigenvalue weighted by atomic mass is 32.2. The Labute approximate surface area is 101 Å². The van der Waals surface area contributed by atoms with Gasteiger partial charge in [0.15, 0.2) is 0 Å². The van der Waals surface area contributed by atoms with Gasteiger partial charge in [-0.25, -0.2) is 0 Å². The molecule has 0 aliphatic rings. The van der Waals surface area contributed by atoms with Gasteiger partial charge in [-0.05, 0) is 12.1 Å². The number of nitrogens with one attached hydrogen (secondary N) is 1. The Bertz CT molecular complexity index is 390. The van der Waals surface area contributed by atoms with Crippen LogP contribution in [0.2, 0.25) is 0 Å². The molecule has 0 saturated carbocycles. The molecule has 0 heterocycles. The first-order valence-corrected chi connectivity index (χ1v) is 5.64. The molecule has 0 radical (unpaired) electrons. The second-order valence-corrected chi connectivity index (χ2v) is 4.23. The Balaban J connectivity index is 2.66. The van der Waals surface area contributed by atoms with E-state index < -0.39 is 17.8 Å². The molecule has 0 aromatic heterocycles. The number of hydrogen-bond donors (Lipinski definition) is 3. The van der Waals surface area contributed by atoms with Crippen LogP contribution >= 0.6 is 11.8 Å². The van der Waals surface area contributed by atoms with E-state index in [2.05, 4.69) is 5.32 Å². The summed E-state index contributed by atoms with van der Waals surface area (Å²) in [6.45, 7) is -0.0177. The summed E-state index contributed by atoms with van der Waals surface area (Å²) in [6.07, 6.45) is 0. The summed E-state index contributed by atoms with van der Waals surface area (Å²) in [4.78, 5) is 10.9. The lowest BCUT2D eigenvalue weighted by Gasteiger charge is -2.13. The lowest BCUT2D eigenvalue weighted by molar-refractivity contribution is -0.138. The monoisotopic (exact) mass is 262 g/mol. The zero-order chi connectivity index (χ0) is 12.8. The number of alkyl halides is 2. The van der Waals surface area contributed by atoms with Crippen LogP contribution in [-0.2, 0) is 4.79 Å². The summed E-state index contributed by atoms with van der Waals surface area (Å²) in [5.41, 5.74) is 5.75. The molecule has 0 aliphatic heterocycles. The molecule has 7 heteroatoms. The number of anilines is 1. The SMILES string of the molecule is NC(CNc1ccccc1SC(F)F)C(=O)O. The normalized spacial score (nSPS) is 12.5. The Morgan fingerprint density at radius 1 is 1.47 bits per heavy atom. The predicted octanol–water partition coefficient (Wildman–Crippen LogP) is 1.83. The van der Waals surface area contributed by atoms with E-state index in [4.69, 9.17) is 10.8 Å². The zero-order valence-corrected chi connectivity index (χ0v) is 9.58. The predicted molar refractivity (Wildman–Crippen MR) is 62.4 cm³/mol. The van der Waals surface area contributed by atoms with Crippen molar-refractivity contribution in [1.82, 2.24) is 0 Å². The summed E-state index contributed by atoms with van der Waals surface area (Å²) in [5.74, 6) is -3.66. The second kappa shape index (κ2) is 6.41. The van der Waals surface area contributed by atoms with Crippen LogP contribution in [0.15, 0.2) is 29.2 Å². The molecule has 1 aromatic rings. The molecule has 4 nitrogen and oxygen atoms in total. The highest BCUT2D eigenvalue weighted by Gasteiger charge is 2.13. The average molecular weight is 262 g/mol. The van der Waals surface area contributed by atoms with Crippen molar-refractivity contribution < 1.29 is 18.7 Å². The fourth-order valence-corrected chi connectivity index (χ4v) is 1.73. The molecule has 0 spiro atoms. The van der Waals surface area contributed by atoms with E-state index in [1.807, 2.05) is 0 Å². The first-order chi connectivity index (χ1) is 8.00. The van der Waals surface area contributed by atoms with Gasteiger partial charge >= 0.3 is 5.97 Å². The van der Waals surface area contributed by atoms with Gasteiger partial charge in [0.2, 0.25) is 0 Å². The maximum absolute atomic E-state index is 12.2. The van der Waals surface area contributed by atoms with Gasteiger partial charge in [-0.15, -0.1) is 0 Å². The smallest absolute Gasteiger partial charge is 0.322 e. The number of halogens is 2. The number of para-hydroxylation sites is 1. The van der Waals surface area contributed by atoms with Crippen molar-refractivity contribution in [2.75, 3.05) is 11.9 Å². The van der Waals surface area contributed by atoms with Gasteiger partial charge in [-0.2, -0.15) is 8.78 Å². The van der Waals surface area contributed by atoms with Crippen LogP contribution in [-0.4, -0.2) is 29.4 Å².